The van der Waals surface area contributed by atoms with E-state index in [1.165, 1.54) is 0 Å². The fourth-order valence-electron chi connectivity index (χ4n) is 2.67. The van der Waals surface area contributed by atoms with Gasteiger partial charge >= 0.3 is 0 Å². The number of amides is 1. The molecule has 0 radical (unpaired) electrons. The van der Waals surface area contributed by atoms with Crippen molar-refractivity contribution in [3.63, 3.8) is 0 Å². The molecule has 0 saturated carbocycles. The normalized spacial score (nSPS) is 20.5. The van der Waals surface area contributed by atoms with Crippen molar-refractivity contribution in [2.75, 3.05) is 5.75 Å². The molecule has 0 bridgehead atoms. The number of benzene rings is 1. The minimum Gasteiger partial charge on any atom is -0.289 e. The number of hydrogen-bond donors (Lipinski definition) is 2. The lowest BCUT2D eigenvalue weighted by Gasteiger charge is -2.21. The summed E-state index contributed by atoms with van der Waals surface area (Å²) in [5.41, 5.74) is 4.52. The maximum atomic E-state index is 12.1. The Labute approximate surface area is 138 Å². The van der Waals surface area contributed by atoms with Crippen molar-refractivity contribution in [2.24, 2.45) is 0 Å². The van der Waals surface area contributed by atoms with Crippen LogP contribution >= 0.6 is 11.3 Å². The maximum Gasteiger partial charge on any atom is 0.261 e. The summed E-state index contributed by atoms with van der Waals surface area (Å²) < 4.78 is 25.4. The molecule has 1 atom stereocenters. The molecule has 1 aromatic carbocycles. The van der Waals surface area contributed by atoms with Crippen LogP contribution in [0.4, 0.5) is 0 Å². The summed E-state index contributed by atoms with van der Waals surface area (Å²) in [6.45, 7) is 0.115. The maximum absolute atomic E-state index is 12.1. The Bertz CT molecular complexity index is 785. The molecule has 1 aliphatic heterocycles. The van der Waals surface area contributed by atoms with Gasteiger partial charge in [0.25, 0.3) is 5.91 Å². The SMILES string of the molecule is O=C(NO)[C@@H]1CCS(=O)(=O)N1Cc1ccc(-c2ccsc2)cc1. The summed E-state index contributed by atoms with van der Waals surface area (Å²) in [4.78, 5) is 11.6. The second-order valence-electron chi connectivity index (χ2n) is 5.35. The van der Waals surface area contributed by atoms with E-state index in [-0.39, 0.29) is 18.7 Å². The van der Waals surface area contributed by atoms with E-state index in [9.17, 15) is 13.2 Å². The number of carbonyl (C=O) groups excluding carboxylic acids is 1. The van der Waals surface area contributed by atoms with Crippen LogP contribution in [0.1, 0.15) is 12.0 Å². The van der Waals surface area contributed by atoms with Crippen molar-refractivity contribution in [1.82, 2.24) is 9.79 Å². The zero-order valence-corrected chi connectivity index (χ0v) is 13.8. The Hall–Kier alpha value is -1.74. The minimum atomic E-state index is -3.48. The van der Waals surface area contributed by atoms with E-state index < -0.39 is 22.0 Å². The molecule has 0 aliphatic carbocycles. The molecule has 1 aromatic heterocycles. The number of nitrogens with one attached hydrogen (secondary N) is 1. The zero-order valence-electron chi connectivity index (χ0n) is 12.2. The molecule has 2 aromatic rings. The van der Waals surface area contributed by atoms with E-state index in [2.05, 4.69) is 0 Å². The lowest BCUT2D eigenvalue weighted by molar-refractivity contribution is -0.133. The van der Waals surface area contributed by atoms with Crippen LogP contribution in [-0.2, 0) is 21.4 Å². The van der Waals surface area contributed by atoms with Gasteiger partial charge in [0.2, 0.25) is 10.0 Å². The molecule has 1 saturated heterocycles. The van der Waals surface area contributed by atoms with Crippen molar-refractivity contribution in [2.45, 2.75) is 19.0 Å². The molecule has 6 nitrogen and oxygen atoms in total. The smallest absolute Gasteiger partial charge is 0.261 e. The molecule has 2 heterocycles. The highest BCUT2D eigenvalue weighted by Crippen LogP contribution is 2.26. The van der Waals surface area contributed by atoms with Crippen LogP contribution in [0.2, 0.25) is 0 Å². The monoisotopic (exact) mass is 352 g/mol. The first-order chi connectivity index (χ1) is 11.0. The fourth-order valence-corrected chi connectivity index (χ4v) is 5.03. The standard InChI is InChI=1S/C15H16N2O4S2/c18-15(16-19)14-6-8-23(20,21)17(14)9-11-1-3-12(4-2-11)13-5-7-22-10-13/h1-5,7,10,14,19H,6,8-9H2,(H,16,18)/t14-/m0/s1. The molecule has 8 heteroatoms. The van der Waals surface area contributed by atoms with Crippen LogP contribution in [0.15, 0.2) is 41.1 Å². The van der Waals surface area contributed by atoms with Crippen LogP contribution < -0.4 is 5.48 Å². The first-order valence-electron chi connectivity index (χ1n) is 7.06. The van der Waals surface area contributed by atoms with Crippen LogP contribution in [0.5, 0.6) is 0 Å². The Morgan fingerprint density at radius 1 is 1.26 bits per heavy atom. The van der Waals surface area contributed by atoms with Gasteiger partial charge in [0.05, 0.1) is 5.75 Å². The van der Waals surface area contributed by atoms with Crippen LogP contribution in [0.3, 0.4) is 0 Å². The van der Waals surface area contributed by atoms with E-state index in [0.717, 1.165) is 21.0 Å². The summed E-state index contributed by atoms with van der Waals surface area (Å²) in [5.74, 6) is -0.779. The van der Waals surface area contributed by atoms with Crippen molar-refractivity contribution in [3.8, 4) is 11.1 Å². The molecule has 1 aliphatic rings. The zero-order chi connectivity index (χ0) is 16.4. The van der Waals surface area contributed by atoms with Gasteiger partial charge in [0.15, 0.2) is 0 Å². The number of sulfonamides is 1. The molecular weight excluding hydrogens is 336 g/mol. The Morgan fingerprint density at radius 2 is 2.00 bits per heavy atom. The summed E-state index contributed by atoms with van der Waals surface area (Å²) in [5, 5.41) is 12.8. The predicted molar refractivity (Wildman–Crippen MR) is 87.4 cm³/mol. The first-order valence-corrected chi connectivity index (χ1v) is 9.61. The summed E-state index contributed by atoms with van der Waals surface area (Å²) in [6.07, 6.45) is 0.182. The Balaban J connectivity index is 1.81. The highest BCUT2D eigenvalue weighted by Gasteiger charge is 2.41. The molecule has 3 rings (SSSR count). The van der Waals surface area contributed by atoms with Crippen LogP contribution in [-0.4, -0.2) is 35.6 Å². The number of hydroxylamine groups is 1. The quantitative estimate of drug-likeness (QED) is 0.649. The molecule has 0 unspecified atom stereocenters. The van der Waals surface area contributed by atoms with Gasteiger partial charge in [0.1, 0.15) is 6.04 Å². The minimum absolute atomic E-state index is 0.0852. The molecule has 2 N–H and O–H groups in total. The highest BCUT2D eigenvalue weighted by atomic mass is 32.2. The lowest BCUT2D eigenvalue weighted by atomic mass is 10.1. The van der Waals surface area contributed by atoms with Gasteiger partial charge in [-0.15, -0.1) is 0 Å². The number of nitrogens with zero attached hydrogens (tertiary/aromatic N) is 1. The first kappa shape index (κ1) is 16.1. The largest absolute Gasteiger partial charge is 0.289 e. The fraction of sp³-hybridized carbons (Fsp3) is 0.267. The molecule has 23 heavy (non-hydrogen) atoms. The second kappa shape index (κ2) is 6.40. The number of thiophene rings is 1. The van der Waals surface area contributed by atoms with Gasteiger partial charge in [-0.2, -0.15) is 15.6 Å². The van der Waals surface area contributed by atoms with Crippen molar-refractivity contribution in [1.29, 1.82) is 0 Å². The van der Waals surface area contributed by atoms with Gasteiger partial charge in [-0.25, -0.2) is 13.9 Å². The second-order valence-corrected chi connectivity index (χ2v) is 8.17. The van der Waals surface area contributed by atoms with Crippen molar-refractivity contribution >= 4 is 27.3 Å². The van der Waals surface area contributed by atoms with Gasteiger partial charge in [-0.3, -0.25) is 10.0 Å². The van der Waals surface area contributed by atoms with Gasteiger partial charge < -0.3 is 0 Å². The predicted octanol–water partition coefficient (Wildman–Crippen LogP) is 1.82. The molecule has 0 spiro atoms. The van der Waals surface area contributed by atoms with E-state index in [0.29, 0.717) is 0 Å². The number of hydrogen-bond acceptors (Lipinski definition) is 5. The summed E-state index contributed by atoms with van der Waals surface area (Å²) in [7, 11) is -3.48. The molecule has 1 amide bonds. The Kier molecular flexibility index (Phi) is 4.49. The highest BCUT2D eigenvalue weighted by molar-refractivity contribution is 7.89. The van der Waals surface area contributed by atoms with Crippen molar-refractivity contribution < 1.29 is 18.4 Å². The summed E-state index contributed by atoms with van der Waals surface area (Å²) >= 11 is 1.61. The molecular formula is C15H16N2O4S2. The average Bonchev–Trinajstić information content (AvgIpc) is 3.17. The van der Waals surface area contributed by atoms with Crippen molar-refractivity contribution in [3.05, 3.63) is 46.7 Å². The van der Waals surface area contributed by atoms with Crippen LogP contribution in [0.25, 0.3) is 11.1 Å². The third-order valence-electron chi connectivity index (χ3n) is 3.91. The third kappa shape index (κ3) is 3.30. The van der Waals surface area contributed by atoms with Gasteiger partial charge in [0, 0.05) is 6.54 Å². The molecule has 1 fully saturated rings. The average molecular weight is 352 g/mol. The van der Waals surface area contributed by atoms with E-state index >= 15 is 0 Å². The Morgan fingerprint density at radius 3 is 2.61 bits per heavy atom. The third-order valence-corrected chi connectivity index (χ3v) is 6.45. The van der Waals surface area contributed by atoms with Gasteiger partial charge in [-0.05, 0) is 39.9 Å². The van der Waals surface area contributed by atoms with Crippen LogP contribution in [0, 0.1) is 0 Å². The topological polar surface area (TPSA) is 86.7 Å². The van der Waals surface area contributed by atoms with E-state index in [1.807, 2.05) is 41.1 Å². The number of rotatable bonds is 4. The lowest BCUT2D eigenvalue weighted by Crippen LogP contribution is -2.43. The van der Waals surface area contributed by atoms with E-state index in [4.69, 9.17) is 5.21 Å². The number of carbonyl (C=O) groups is 1. The summed E-state index contributed by atoms with van der Waals surface area (Å²) in [6, 6.07) is 8.74. The molecule has 122 valence electrons. The van der Waals surface area contributed by atoms with E-state index in [1.54, 1.807) is 16.8 Å². The van der Waals surface area contributed by atoms with Gasteiger partial charge in [-0.1, -0.05) is 24.3 Å².